The normalized spacial score (nSPS) is 16.9. The average molecular weight is 341 g/mol. The topological polar surface area (TPSA) is 117 Å². The Balaban J connectivity index is 1.86. The van der Waals surface area contributed by atoms with E-state index in [9.17, 15) is 18.0 Å². The van der Waals surface area contributed by atoms with Crippen LogP contribution in [0, 0.1) is 5.92 Å². The van der Waals surface area contributed by atoms with E-state index in [1.54, 1.807) is 0 Å². The van der Waals surface area contributed by atoms with Gasteiger partial charge in [-0.1, -0.05) is 0 Å². The monoisotopic (exact) mass is 341 g/mol. The summed E-state index contributed by atoms with van der Waals surface area (Å²) >= 11 is 0. The zero-order chi connectivity index (χ0) is 17.0. The van der Waals surface area contributed by atoms with E-state index in [1.807, 2.05) is 0 Å². The van der Waals surface area contributed by atoms with Gasteiger partial charge < -0.3 is 10.4 Å². The fourth-order valence-electron chi connectivity index (χ4n) is 2.47. The number of carbonyl (C=O) groups excluding carboxylic acids is 1. The zero-order valence-electron chi connectivity index (χ0n) is 12.7. The van der Waals surface area contributed by atoms with Crippen molar-refractivity contribution in [1.29, 1.82) is 0 Å². The van der Waals surface area contributed by atoms with Crippen LogP contribution in [0.1, 0.15) is 33.7 Å². The van der Waals surface area contributed by atoms with Crippen molar-refractivity contribution < 1.29 is 23.1 Å². The van der Waals surface area contributed by atoms with Crippen LogP contribution >= 0.6 is 0 Å². The van der Waals surface area contributed by atoms with Gasteiger partial charge in [0.1, 0.15) is 5.69 Å². The van der Waals surface area contributed by atoms with Crippen molar-refractivity contribution in [2.45, 2.75) is 12.8 Å². The average Bonchev–Trinajstić information content (AvgIpc) is 2.52. The summed E-state index contributed by atoms with van der Waals surface area (Å²) in [6.07, 6.45) is 3.84. The van der Waals surface area contributed by atoms with Gasteiger partial charge in [0.05, 0.1) is 6.26 Å². The molecule has 2 heterocycles. The van der Waals surface area contributed by atoms with Crippen molar-refractivity contribution in [3.8, 4) is 0 Å². The van der Waals surface area contributed by atoms with Crippen molar-refractivity contribution in [2.75, 3.05) is 25.9 Å². The molecule has 2 N–H and O–H groups in total. The van der Waals surface area contributed by atoms with Gasteiger partial charge in [-0.3, -0.25) is 4.79 Å². The fraction of sp³-hybridized carbons (Fsp3) is 0.500. The van der Waals surface area contributed by atoms with E-state index in [0.717, 1.165) is 0 Å². The summed E-state index contributed by atoms with van der Waals surface area (Å²) in [4.78, 5) is 26.6. The number of aromatic carboxylic acids is 1. The Bertz CT molecular complexity index is 696. The molecule has 0 unspecified atom stereocenters. The molecular weight excluding hydrogens is 322 g/mol. The molecule has 1 aromatic heterocycles. The number of carbonyl (C=O) groups is 2. The van der Waals surface area contributed by atoms with Crippen LogP contribution in [0.15, 0.2) is 18.3 Å². The third kappa shape index (κ3) is 4.73. The Kier molecular flexibility index (Phi) is 5.32. The van der Waals surface area contributed by atoms with Crippen molar-refractivity contribution in [1.82, 2.24) is 14.6 Å². The lowest BCUT2D eigenvalue weighted by molar-refractivity contribution is 0.0690. The molecule has 0 bridgehead atoms. The van der Waals surface area contributed by atoms with Crippen molar-refractivity contribution >= 4 is 21.9 Å². The smallest absolute Gasteiger partial charge is 0.354 e. The highest BCUT2D eigenvalue weighted by Gasteiger charge is 2.25. The number of rotatable bonds is 5. The van der Waals surface area contributed by atoms with E-state index in [4.69, 9.17) is 5.11 Å². The molecule has 0 atom stereocenters. The highest BCUT2D eigenvalue weighted by Crippen LogP contribution is 2.18. The number of aromatic nitrogens is 1. The minimum Gasteiger partial charge on any atom is -0.477 e. The number of nitrogens with one attached hydrogen (secondary N) is 1. The summed E-state index contributed by atoms with van der Waals surface area (Å²) < 4.78 is 24.3. The van der Waals surface area contributed by atoms with E-state index in [2.05, 4.69) is 10.3 Å². The van der Waals surface area contributed by atoms with Gasteiger partial charge in [0.2, 0.25) is 10.0 Å². The quantitative estimate of drug-likeness (QED) is 0.789. The number of piperidine rings is 1. The highest BCUT2D eigenvalue weighted by atomic mass is 32.2. The Hall–Kier alpha value is -2.00. The van der Waals surface area contributed by atoms with Crippen LogP contribution in [0.3, 0.4) is 0 Å². The molecule has 2 rings (SSSR count). The summed E-state index contributed by atoms with van der Waals surface area (Å²) in [6.45, 7) is 1.34. The number of carboxylic acid groups (broad SMARTS) is 1. The number of pyridine rings is 1. The first-order valence-corrected chi connectivity index (χ1v) is 9.05. The lowest BCUT2D eigenvalue weighted by Gasteiger charge is -2.30. The van der Waals surface area contributed by atoms with E-state index < -0.39 is 16.0 Å². The molecule has 1 amide bonds. The first-order chi connectivity index (χ1) is 10.8. The van der Waals surface area contributed by atoms with Crippen LogP contribution in [-0.4, -0.2) is 60.6 Å². The molecule has 0 aromatic carbocycles. The largest absolute Gasteiger partial charge is 0.477 e. The minimum absolute atomic E-state index is 0.181. The first-order valence-electron chi connectivity index (χ1n) is 7.20. The maximum atomic E-state index is 12.0. The van der Waals surface area contributed by atoms with Crippen LogP contribution < -0.4 is 5.32 Å². The highest BCUT2D eigenvalue weighted by molar-refractivity contribution is 7.88. The SMILES string of the molecule is CS(=O)(=O)N1CCC(CNC(=O)c2ccnc(C(=O)O)c2)CC1. The molecule has 126 valence electrons. The van der Waals surface area contributed by atoms with E-state index in [1.165, 1.54) is 28.9 Å². The second-order valence-corrected chi connectivity index (χ2v) is 7.53. The molecule has 0 saturated carbocycles. The van der Waals surface area contributed by atoms with E-state index in [0.29, 0.717) is 32.5 Å². The third-order valence-electron chi connectivity index (χ3n) is 3.84. The zero-order valence-corrected chi connectivity index (χ0v) is 13.5. The van der Waals surface area contributed by atoms with Gasteiger partial charge in [-0.05, 0) is 30.9 Å². The van der Waals surface area contributed by atoms with Gasteiger partial charge in [-0.15, -0.1) is 0 Å². The van der Waals surface area contributed by atoms with Gasteiger partial charge in [0.15, 0.2) is 0 Å². The molecule has 1 aromatic rings. The van der Waals surface area contributed by atoms with Crippen LogP contribution in [-0.2, 0) is 10.0 Å². The van der Waals surface area contributed by atoms with Crippen molar-refractivity contribution in [3.63, 3.8) is 0 Å². The minimum atomic E-state index is -3.15. The number of hydrogen-bond donors (Lipinski definition) is 2. The van der Waals surface area contributed by atoms with Crippen LogP contribution in [0.5, 0.6) is 0 Å². The Morgan fingerprint density at radius 1 is 1.39 bits per heavy atom. The standard InChI is InChI=1S/C14H19N3O5S/c1-23(21,22)17-6-3-10(4-7-17)9-16-13(18)11-2-5-15-12(8-11)14(19)20/h2,5,8,10H,3-4,6-7,9H2,1H3,(H,16,18)(H,19,20). The predicted molar refractivity (Wildman–Crippen MR) is 82.7 cm³/mol. The number of carboxylic acids is 1. The van der Waals surface area contributed by atoms with Gasteiger partial charge in [-0.25, -0.2) is 22.5 Å². The predicted octanol–water partition coefficient (Wildman–Crippen LogP) is 0.181. The maximum absolute atomic E-state index is 12.0. The number of sulfonamides is 1. The molecule has 0 spiro atoms. The molecule has 8 nitrogen and oxygen atoms in total. The summed E-state index contributed by atoms with van der Waals surface area (Å²) in [6, 6.07) is 2.68. The molecule has 9 heteroatoms. The fourth-order valence-corrected chi connectivity index (χ4v) is 3.35. The van der Waals surface area contributed by atoms with Gasteiger partial charge in [-0.2, -0.15) is 0 Å². The third-order valence-corrected chi connectivity index (χ3v) is 5.14. The molecule has 1 aliphatic rings. The Labute approximate surface area is 134 Å². The van der Waals surface area contributed by atoms with Crippen molar-refractivity contribution in [3.05, 3.63) is 29.6 Å². The number of amides is 1. The molecular formula is C14H19N3O5S. The molecule has 0 radical (unpaired) electrons. The molecule has 1 aliphatic heterocycles. The lowest BCUT2D eigenvalue weighted by Crippen LogP contribution is -2.41. The van der Waals surface area contributed by atoms with E-state index >= 15 is 0 Å². The van der Waals surface area contributed by atoms with Crippen LogP contribution in [0.25, 0.3) is 0 Å². The Morgan fingerprint density at radius 2 is 2.04 bits per heavy atom. The summed E-state index contributed by atoms with van der Waals surface area (Å²) in [5.74, 6) is -1.34. The molecule has 23 heavy (non-hydrogen) atoms. The molecule has 0 aliphatic carbocycles. The van der Waals surface area contributed by atoms with Crippen LogP contribution in [0.4, 0.5) is 0 Å². The van der Waals surface area contributed by atoms with Crippen LogP contribution in [0.2, 0.25) is 0 Å². The lowest BCUT2D eigenvalue weighted by atomic mass is 9.98. The summed E-state index contributed by atoms with van der Waals surface area (Å²) in [7, 11) is -3.15. The molecule has 1 fully saturated rings. The van der Waals surface area contributed by atoms with Gasteiger partial charge in [0.25, 0.3) is 5.91 Å². The molecule has 1 saturated heterocycles. The number of hydrogen-bond acceptors (Lipinski definition) is 5. The maximum Gasteiger partial charge on any atom is 0.354 e. The second kappa shape index (κ2) is 7.05. The van der Waals surface area contributed by atoms with Crippen molar-refractivity contribution in [2.24, 2.45) is 5.92 Å². The first kappa shape index (κ1) is 17.4. The summed E-state index contributed by atoms with van der Waals surface area (Å²) in [5, 5.41) is 11.6. The summed E-state index contributed by atoms with van der Waals surface area (Å²) in [5.41, 5.74) is 0.0603. The van der Waals surface area contributed by atoms with E-state index in [-0.39, 0.29) is 23.1 Å². The number of nitrogens with zero attached hydrogens (tertiary/aromatic N) is 2. The van der Waals surface area contributed by atoms with Gasteiger partial charge in [0, 0.05) is 31.4 Å². The second-order valence-electron chi connectivity index (χ2n) is 5.55. The van der Waals surface area contributed by atoms with Gasteiger partial charge >= 0.3 is 5.97 Å². The Morgan fingerprint density at radius 3 is 2.61 bits per heavy atom.